The summed E-state index contributed by atoms with van der Waals surface area (Å²) in [5.41, 5.74) is 0.532. The molecule has 2 amide bonds. The zero-order valence-electron chi connectivity index (χ0n) is 15.9. The second kappa shape index (κ2) is 9.53. The molecule has 1 aromatic carbocycles. The number of rotatable bonds is 7. The van der Waals surface area contributed by atoms with Gasteiger partial charge in [-0.15, -0.1) is 0 Å². The van der Waals surface area contributed by atoms with Crippen molar-refractivity contribution in [3.8, 4) is 5.75 Å². The van der Waals surface area contributed by atoms with Gasteiger partial charge in [-0.3, -0.25) is 19.3 Å². The number of hydrogen-bond acceptors (Lipinski definition) is 4. The minimum absolute atomic E-state index is 0.139. The van der Waals surface area contributed by atoms with Gasteiger partial charge >= 0.3 is 5.97 Å². The van der Waals surface area contributed by atoms with Gasteiger partial charge in [0.05, 0.1) is 17.5 Å². The number of hydrogen-bond donors (Lipinski definition) is 0. The third-order valence-corrected chi connectivity index (χ3v) is 8.21. The number of amides is 2. The zero-order valence-corrected chi connectivity index (χ0v) is 19.1. The molecule has 2 aliphatic rings. The normalized spacial score (nSPS) is 27.0. The van der Waals surface area contributed by atoms with Gasteiger partial charge in [-0.25, -0.2) is 0 Å². The van der Waals surface area contributed by atoms with Crippen LogP contribution in [0.2, 0.25) is 0 Å². The van der Waals surface area contributed by atoms with E-state index < -0.39 is 0 Å². The average Bonchev–Trinajstić information content (AvgIpc) is 2.90. The van der Waals surface area contributed by atoms with E-state index in [-0.39, 0.29) is 39.3 Å². The van der Waals surface area contributed by atoms with Crippen molar-refractivity contribution >= 4 is 55.3 Å². The Kier molecular flexibility index (Phi) is 7.31. The SMILES string of the molecule is CCCCCCC(=O)Oc1ccc(N2C(=O)[C@@H]3C[C@@H](Br)[C@@H](Br)C[C@H]3C2=O)cc1. The molecule has 0 aromatic heterocycles. The third kappa shape index (κ3) is 4.67. The van der Waals surface area contributed by atoms with Crippen LogP contribution in [0.25, 0.3) is 0 Å². The Balaban J connectivity index is 1.62. The van der Waals surface area contributed by atoms with Crippen LogP contribution in [0.4, 0.5) is 5.69 Å². The molecule has 0 unspecified atom stereocenters. The first-order valence-corrected chi connectivity index (χ1v) is 11.7. The van der Waals surface area contributed by atoms with Gasteiger partial charge in [0.2, 0.25) is 11.8 Å². The van der Waals surface area contributed by atoms with E-state index >= 15 is 0 Å². The summed E-state index contributed by atoms with van der Waals surface area (Å²) < 4.78 is 5.35. The molecule has 1 aliphatic carbocycles. The Morgan fingerprint density at radius 3 is 2.11 bits per heavy atom. The van der Waals surface area contributed by atoms with Crippen LogP contribution < -0.4 is 9.64 Å². The molecule has 0 N–H and O–H groups in total. The van der Waals surface area contributed by atoms with Crippen molar-refractivity contribution in [2.45, 2.75) is 61.5 Å². The van der Waals surface area contributed by atoms with Crippen LogP contribution in [-0.4, -0.2) is 27.4 Å². The summed E-state index contributed by atoms with van der Waals surface area (Å²) >= 11 is 7.19. The number of alkyl halides is 2. The highest BCUT2D eigenvalue weighted by molar-refractivity contribution is 9.12. The molecule has 28 heavy (non-hydrogen) atoms. The van der Waals surface area contributed by atoms with Crippen LogP contribution >= 0.6 is 31.9 Å². The quantitative estimate of drug-likeness (QED) is 0.169. The lowest BCUT2D eigenvalue weighted by molar-refractivity contribution is -0.134. The first-order chi connectivity index (χ1) is 13.4. The zero-order chi connectivity index (χ0) is 20.3. The number of halogens is 2. The van der Waals surface area contributed by atoms with Crippen molar-refractivity contribution in [2.75, 3.05) is 4.90 Å². The maximum atomic E-state index is 12.8. The third-order valence-electron chi connectivity index (χ3n) is 5.47. The maximum absolute atomic E-state index is 12.8. The van der Waals surface area contributed by atoms with Crippen LogP contribution in [0.15, 0.2) is 24.3 Å². The molecule has 0 radical (unpaired) electrons. The highest BCUT2D eigenvalue weighted by atomic mass is 79.9. The number of anilines is 1. The number of ether oxygens (including phenoxy) is 1. The second-order valence-electron chi connectivity index (χ2n) is 7.51. The highest BCUT2D eigenvalue weighted by Crippen LogP contribution is 2.44. The fourth-order valence-electron chi connectivity index (χ4n) is 3.89. The topological polar surface area (TPSA) is 63.7 Å². The molecule has 5 nitrogen and oxygen atoms in total. The second-order valence-corrected chi connectivity index (χ2v) is 9.86. The summed E-state index contributed by atoms with van der Waals surface area (Å²) in [6.07, 6.45) is 5.79. The van der Waals surface area contributed by atoms with E-state index in [2.05, 4.69) is 38.8 Å². The van der Waals surface area contributed by atoms with Crippen molar-refractivity contribution in [1.29, 1.82) is 0 Å². The monoisotopic (exact) mass is 513 g/mol. The average molecular weight is 515 g/mol. The summed E-state index contributed by atoms with van der Waals surface area (Å²) in [4.78, 5) is 39.2. The standard InChI is InChI=1S/C21H25Br2NO4/c1-2-3-4-5-6-19(25)28-14-9-7-13(8-10-14)24-20(26)15-11-17(22)18(23)12-16(15)21(24)27/h7-10,15-18H,2-6,11-12H2,1H3/t15-,16-,17-,18+/m1/s1. The molecule has 152 valence electrons. The summed E-state index contributed by atoms with van der Waals surface area (Å²) in [6, 6.07) is 6.62. The smallest absolute Gasteiger partial charge is 0.311 e. The number of imide groups is 1. The van der Waals surface area contributed by atoms with E-state index in [9.17, 15) is 14.4 Å². The minimum atomic E-state index is -0.272. The van der Waals surface area contributed by atoms with Gasteiger partial charge in [0.25, 0.3) is 0 Å². The Hall–Kier alpha value is -1.21. The molecule has 1 aromatic rings. The van der Waals surface area contributed by atoms with E-state index in [0.717, 1.165) is 25.7 Å². The Bertz CT molecular complexity index is 708. The summed E-state index contributed by atoms with van der Waals surface area (Å²) in [7, 11) is 0. The molecular formula is C21H25Br2NO4. The van der Waals surface area contributed by atoms with Gasteiger partial charge in [0, 0.05) is 16.1 Å². The molecule has 0 spiro atoms. The number of unbranched alkanes of at least 4 members (excludes halogenated alkanes) is 3. The fraction of sp³-hybridized carbons (Fsp3) is 0.571. The van der Waals surface area contributed by atoms with Gasteiger partial charge < -0.3 is 4.74 Å². The van der Waals surface area contributed by atoms with Gasteiger partial charge in [0.1, 0.15) is 5.75 Å². The Morgan fingerprint density at radius 2 is 1.57 bits per heavy atom. The summed E-state index contributed by atoms with van der Waals surface area (Å²) in [5.74, 6) is -0.645. The molecule has 1 aliphatic heterocycles. The lowest BCUT2D eigenvalue weighted by atomic mass is 9.81. The summed E-state index contributed by atoms with van der Waals surface area (Å²) in [6.45, 7) is 2.13. The maximum Gasteiger partial charge on any atom is 0.311 e. The molecule has 0 bridgehead atoms. The van der Waals surface area contributed by atoms with Gasteiger partial charge in [-0.1, -0.05) is 58.0 Å². The Labute approximate surface area is 182 Å². The van der Waals surface area contributed by atoms with Crippen molar-refractivity contribution in [3.05, 3.63) is 24.3 Å². The molecule has 7 heteroatoms. The van der Waals surface area contributed by atoms with E-state index in [4.69, 9.17) is 4.74 Å². The van der Waals surface area contributed by atoms with Crippen molar-refractivity contribution < 1.29 is 19.1 Å². The van der Waals surface area contributed by atoms with Gasteiger partial charge in [-0.05, 0) is 43.5 Å². The van der Waals surface area contributed by atoms with Gasteiger partial charge in [-0.2, -0.15) is 0 Å². The summed E-state index contributed by atoms with van der Waals surface area (Å²) in [5, 5.41) is 0. The van der Waals surface area contributed by atoms with Crippen LogP contribution in [0.1, 0.15) is 51.9 Å². The predicted molar refractivity (Wildman–Crippen MR) is 115 cm³/mol. The fourth-order valence-corrected chi connectivity index (χ4v) is 5.13. The lowest BCUT2D eigenvalue weighted by Crippen LogP contribution is -2.34. The van der Waals surface area contributed by atoms with Gasteiger partial charge in [0.15, 0.2) is 0 Å². The van der Waals surface area contributed by atoms with E-state index in [1.165, 1.54) is 4.90 Å². The molecule has 1 saturated heterocycles. The minimum Gasteiger partial charge on any atom is -0.427 e. The van der Waals surface area contributed by atoms with Crippen LogP contribution in [0.3, 0.4) is 0 Å². The van der Waals surface area contributed by atoms with Crippen molar-refractivity contribution in [1.82, 2.24) is 0 Å². The number of nitrogens with zero attached hydrogens (tertiary/aromatic N) is 1. The molecule has 3 rings (SSSR count). The molecule has 1 saturated carbocycles. The number of benzene rings is 1. The van der Waals surface area contributed by atoms with Crippen LogP contribution in [0, 0.1) is 11.8 Å². The van der Waals surface area contributed by atoms with Crippen LogP contribution in [-0.2, 0) is 14.4 Å². The lowest BCUT2D eigenvalue weighted by Gasteiger charge is -2.29. The highest BCUT2D eigenvalue weighted by Gasteiger charge is 2.52. The number of fused-ring (bicyclic) bond motifs is 1. The van der Waals surface area contributed by atoms with E-state index in [0.29, 0.717) is 30.7 Å². The largest absolute Gasteiger partial charge is 0.427 e. The first kappa shape index (κ1) is 21.5. The number of carbonyl (C=O) groups excluding carboxylic acids is 3. The molecule has 2 fully saturated rings. The van der Waals surface area contributed by atoms with Crippen LogP contribution in [0.5, 0.6) is 5.75 Å². The predicted octanol–water partition coefficient (Wildman–Crippen LogP) is 4.99. The molecular weight excluding hydrogens is 490 g/mol. The molecule has 4 atom stereocenters. The van der Waals surface area contributed by atoms with E-state index in [1.54, 1.807) is 24.3 Å². The van der Waals surface area contributed by atoms with Crippen molar-refractivity contribution in [2.24, 2.45) is 11.8 Å². The first-order valence-electron chi connectivity index (χ1n) is 9.89. The van der Waals surface area contributed by atoms with E-state index in [1.807, 2.05) is 0 Å². The molecule has 1 heterocycles. The Morgan fingerprint density at radius 1 is 1.00 bits per heavy atom. The van der Waals surface area contributed by atoms with Crippen molar-refractivity contribution in [3.63, 3.8) is 0 Å². The number of esters is 1. The number of carbonyl (C=O) groups is 3.